The minimum Gasteiger partial charge on any atom is -0.465 e. The maximum Gasteiger partial charge on any atom is 0.340 e. The molecule has 7 heteroatoms. The Kier molecular flexibility index (Phi) is 4.83. The predicted octanol–water partition coefficient (Wildman–Crippen LogP) is 4.76. The van der Waals surface area contributed by atoms with Gasteiger partial charge in [0.05, 0.1) is 33.4 Å². The smallest absolute Gasteiger partial charge is 0.340 e. The highest BCUT2D eigenvalue weighted by Gasteiger charge is 2.16. The summed E-state index contributed by atoms with van der Waals surface area (Å²) in [7, 11) is 1.28. The largest absolute Gasteiger partial charge is 0.465 e. The summed E-state index contributed by atoms with van der Waals surface area (Å²) < 4.78 is 4.73. The van der Waals surface area contributed by atoms with Crippen LogP contribution in [0.15, 0.2) is 30.3 Å². The zero-order valence-corrected chi connectivity index (χ0v) is 13.2. The number of anilines is 3. The van der Waals surface area contributed by atoms with Gasteiger partial charge in [-0.2, -0.15) is 0 Å². The first-order valence-electron chi connectivity index (χ1n) is 5.81. The minimum absolute atomic E-state index is 0.230. The van der Waals surface area contributed by atoms with Gasteiger partial charge in [0.1, 0.15) is 0 Å². The van der Waals surface area contributed by atoms with Crippen LogP contribution < -0.4 is 11.1 Å². The number of esters is 1. The first-order valence-corrected chi connectivity index (χ1v) is 6.95. The standard InChI is InChI=1S/C14H11Cl3N2O2/c1-21-14(20)9-4-7(18)5-12(17)13(9)19-8-2-3-10(15)11(16)6-8/h2-6,19H,18H2,1H3. The number of hydrogen-bond donors (Lipinski definition) is 2. The summed E-state index contributed by atoms with van der Waals surface area (Å²) in [6.45, 7) is 0. The molecule has 2 aromatic carbocycles. The Labute approximate surface area is 136 Å². The van der Waals surface area contributed by atoms with E-state index in [1.54, 1.807) is 18.2 Å². The zero-order valence-electron chi connectivity index (χ0n) is 10.9. The van der Waals surface area contributed by atoms with E-state index in [2.05, 4.69) is 5.32 Å². The number of carbonyl (C=O) groups is 1. The Morgan fingerprint density at radius 2 is 1.81 bits per heavy atom. The van der Waals surface area contributed by atoms with Gasteiger partial charge in [-0.3, -0.25) is 0 Å². The summed E-state index contributed by atoms with van der Waals surface area (Å²) in [4.78, 5) is 11.8. The van der Waals surface area contributed by atoms with Gasteiger partial charge in [-0.25, -0.2) is 4.79 Å². The van der Waals surface area contributed by atoms with Gasteiger partial charge in [0.15, 0.2) is 0 Å². The van der Waals surface area contributed by atoms with Gasteiger partial charge in [-0.05, 0) is 30.3 Å². The van der Waals surface area contributed by atoms with Gasteiger partial charge in [0, 0.05) is 11.4 Å². The Bertz CT molecular complexity index is 705. The fourth-order valence-electron chi connectivity index (χ4n) is 1.74. The molecule has 0 bridgehead atoms. The molecule has 0 spiro atoms. The summed E-state index contributed by atoms with van der Waals surface area (Å²) in [6, 6.07) is 7.99. The number of carbonyl (C=O) groups excluding carboxylic acids is 1. The first kappa shape index (κ1) is 15.8. The Balaban J connectivity index is 2.47. The number of nitrogen functional groups attached to an aromatic ring is 1. The zero-order chi connectivity index (χ0) is 15.6. The number of ether oxygens (including phenoxy) is 1. The van der Waals surface area contributed by atoms with Crippen molar-refractivity contribution in [1.82, 2.24) is 0 Å². The molecule has 0 aliphatic heterocycles. The molecule has 0 radical (unpaired) electrons. The number of nitrogens with one attached hydrogen (secondary N) is 1. The van der Waals surface area contributed by atoms with Crippen LogP contribution in [-0.4, -0.2) is 13.1 Å². The second kappa shape index (κ2) is 6.43. The summed E-state index contributed by atoms with van der Waals surface area (Å²) >= 11 is 18.0. The molecule has 0 saturated heterocycles. The molecule has 4 nitrogen and oxygen atoms in total. The average molecular weight is 346 g/mol. The quantitative estimate of drug-likeness (QED) is 0.622. The lowest BCUT2D eigenvalue weighted by Crippen LogP contribution is -2.07. The Morgan fingerprint density at radius 1 is 1.10 bits per heavy atom. The molecule has 0 atom stereocenters. The van der Waals surface area contributed by atoms with Crippen molar-refractivity contribution >= 4 is 57.8 Å². The molecular formula is C14H11Cl3N2O2. The normalized spacial score (nSPS) is 10.3. The van der Waals surface area contributed by atoms with Crippen molar-refractivity contribution in [2.75, 3.05) is 18.2 Å². The van der Waals surface area contributed by atoms with Crippen LogP contribution in [-0.2, 0) is 4.74 Å². The fourth-order valence-corrected chi connectivity index (χ4v) is 2.32. The Hall–Kier alpha value is -1.62. The van der Waals surface area contributed by atoms with E-state index in [1.165, 1.54) is 19.2 Å². The monoisotopic (exact) mass is 344 g/mol. The molecule has 2 aromatic rings. The van der Waals surface area contributed by atoms with Crippen molar-refractivity contribution in [3.63, 3.8) is 0 Å². The van der Waals surface area contributed by atoms with E-state index in [-0.39, 0.29) is 5.56 Å². The summed E-state index contributed by atoms with van der Waals surface area (Å²) in [5.74, 6) is -0.549. The molecule has 110 valence electrons. The molecule has 0 aliphatic rings. The number of hydrogen-bond acceptors (Lipinski definition) is 4. The van der Waals surface area contributed by atoms with Crippen LogP contribution in [0.5, 0.6) is 0 Å². The highest BCUT2D eigenvalue weighted by Crippen LogP contribution is 2.34. The summed E-state index contributed by atoms with van der Waals surface area (Å²) in [5, 5.41) is 4.12. The van der Waals surface area contributed by atoms with E-state index in [4.69, 9.17) is 45.3 Å². The van der Waals surface area contributed by atoms with E-state index in [9.17, 15) is 4.79 Å². The number of nitrogens with two attached hydrogens (primary N) is 1. The molecule has 2 rings (SSSR count). The topological polar surface area (TPSA) is 64.3 Å². The van der Waals surface area contributed by atoms with Crippen LogP contribution in [0, 0.1) is 0 Å². The van der Waals surface area contributed by atoms with Crippen LogP contribution >= 0.6 is 34.8 Å². The van der Waals surface area contributed by atoms with Crippen molar-refractivity contribution in [3.05, 3.63) is 51.0 Å². The van der Waals surface area contributed by atoms with E-state index in [0.29, 0.717) is 32.1 Å². The van der Waals surface area contributed by atoms with Gasteiger partial charge in [0.2, 0.25) is 0 Å². The Morgan fingerprint density at radius 3 is 2.43 bits per heavy atom. The number of methoxy groups -OCH3 is 1. The first-order chi connectivity index (χ1) is 9.92. The van der Waals surface area contributed by atoms with Crippen molar-refractivity contribution in [1.29, 1.82) is 0 Å². The van der Waals surface area contributed by atoms with Crippen molar-refractivity contribution in [2.45, 2.75) is 0 Å². The van der Waals surface area contributed by atoms with Crippen molar-refractivity contribution in [2.24, 2.45) is 0 Å². The molecule has 0 aromatic heterocycles. The third-order valence-electron chi connectivity index (χ3n) is 2.71. The minimum atomic E-state index is -0.549. The van der Waals surface area contributed by atoms with Gasteiger partial charge < -0.3 is 15.8 Å². The van der Waals surface area contributed by atoms with E-state index in [0.717, 1.165) is 0 Å². The van der Waals surface area contributed by atoms with Crippen molar-refractivity contribution in [3.8, 4) is 0 Å². The molecular weight excluding hydrogens is 335 g/mol. The molecule has 0 amide bonds. The molecule has 0 saturated carbocycles. The lowest BCUT2D eigenvalue weighted by atomic mass is 10.1. The van der Waals surface area contributed by atoms with E-state index >= 15 is 0 Å². The SMILES string of the molecule is COC(=O)c1cc(N)cc(Cl)c1Nc1ccc(Cl)c(Cl)c1. The van der Waals surface area contributed by atoms with Crippen LogP contribution in [0.2, 0.25) is 15.1 Å². The van der Waals surface area contributed by atoms with Crippen LogP contribution in [0.4, 0.5) is 17.1 Å². The average Bonchev–Trinajstić information content (AvgIpc) is 2.44. The van der Waals surface area contributed by atoms with E-state index < -0.39 is 5.97 Å². The maximum absolute atomic E-state index is 11.8. The van der Waals surface area contributed by atoms with Crippen molar-refractivity contribution < 1.29 is 9.53 Å². The second-order valence-electron chi connectivity index (χ2n) is 4.17. The molecule has 0 fully saturated rings. The van der Waals surface area contributed by atoms with E-state index in [1.807, 2.05) is 0 Å². The predicted molar refractivity (Wildman–Crippen MR) is 86.9 cm³/mol. The van der Waals surface area contributed by atoms with Crippen LogP contribution in [0.25, 0.3) is 0 Å². The van der Waals surface area contributed by atoms with Crippen LogP contribution in [0.3, 0.4) is 0 Å². The lowest BCUT2D eigenvalue weighted by Gasteiger charge is -2.14. The molecule has 0 heterocycles. The van der Waals surface area contributed by atoms with Crippen LogP contribution in [0.1, 0.15) is 10.4 Å². The maximum atomic E-state index is 11.8. The number of rotatable bonds is 3. The number of benzene rings is 2. The fraction of sp³-hybridized carbons (Fsp3) is 0.0714. The van der Waals surface area contributed by atoms with Gasteiger partial charge in [0.25, 0.3) is 0 Å². The molecule has 0 unspecified atom stereocenters. The second-order valence-corrected chi connectivity index (χ2v) is 5.39. The van der Waals surface area contributed by atoms with Gasteiger partial charge in [-0.1, -0.05) is 34.8 Å². The lowest BCUT2D eigenvalue weighted by molar-refractivity contribution is 0.0602. The molecule has 3 N–H and O–H groups in total. The molecule has 21 heavy (non-hydrogen) atoms. The highest BCUT2D eigenvalue weighted by molar-refractivity contribution is 6.42. The molecule has 0 aliphatic carbocycles. The van der Waals surface area contributed by atoms with Gasteiger partial charge in [-0.15, -0.1) is 0 Å². The number of halogens is 3. The van der Waals surface area contributed by atoms with Gasteiger partial charge >= 0.3 is 5.97 Å². The summed E-state index contributed by atoms with van der Waals surface area (Å²) in [6.07, 6.45) is 0. The summed E-state index contributed by atoms with van der Waals surface area (Å²) in [5.41, 5.74) is 7.30. The third kappa shape index (κ3) is 3.53. The third-order valence-corrected chi connectivity index (χ3v) is 3.74. The highest BCUT2D eigenvalue weighted by atomic mass is 35.5.